The highest BCUT2D eigenvalue weighted by atomic mass is 79.9. The van der Waals surface area contributed by atoms with Crippen LogP contribution in [0.2, 0.25) is 0 Å². The van der Waals surface area contributed by atoms with Crippen LogP contribution in [0.5, 0.6) is 0 Å². The van der Waals surface area contributed by atoms with E-state index in [9.17, 15) is 13.9 Å². The van der Waals surface area contributed by atoms with Crippen molar-refractivity contribution in [2.24, 2.45) is 0 Å². The largest absolute Gasteiger partial charge is 0.391 e. The van der Waals surface area contributed by atoms with Crippen molar-refractivity contribution in [3.63, 3.8) is 0 Å². The molecule has 0 atom stereocenters. The highest BCUT2D eigenvalue weighted by molar-refractivity contribution is 9.10. The number of hydrogen-bond donors (Lipinski definition) is 1. The van der Waals surface area contributed by atoms with Gasteiger partial charge in [-0.05, 0) is 24.3 Å². The molecule has 0 bridgehead atoms. The van der Waals surface area contributed by atoms with E-state index in [2.05, 4.69) is 21.1 Å². The molecule has 0 aliphatic carbocycles. The van der Waals surface area contributed by atoms with Crippen LogP contribution in [0.15, 0.2) is 51.5 Å². The van der Waals surface area contributed by atoms with Crippen LogP contribution in [0.1, 0.15) is 5.56 Å². The molecule has 2 aromatic carbocycles. The predicted octanol–water partition coefficient (Wildman–Crippen LogP) is 4.54. The zero-order chi connectivity index (χ0) is 15.7. The van der Waals surface area contributed by atoms with E-state index in [1.807, 2.05) is 6.07 Å². The normalized spacial score (nSPS) is 10.9. The van der Waals surface area contributed by atoms with Gasteiger partial charge < -0.3 is 9.63 Å². The van der Waals surface area contributed by atoms with Crippen molar-refractivity contribution in [3.05, 3.63) is 64.1 Å². The number of aliphatic hydroxyl groups is 1. The van der Waals surface area contributed by atoms with E-state index < -0.39 is 18.2 Å². The average molecular weight is 366 g/mol. The molecule has 1 N–H and O–H groups in total. The number of benzene rings is 2. The van der Waals surface area contributed by atoms with Gasteiger partial charge in [0.2, 0.25) is 0 Å². The molecule has 1 aromatic heterocycles. The van der Waals surface area contributed by atoms with Crippen LogP contribution < -0.4 is 0 Å². The molecule has 3 rings (SSSR count). The second-order valence-electron chi connectivity index (χ2n) is 4.60. The van der Waals surface area contributed by atoms with E-state index >= 15 is 0 Å². The van der Waals surface area contributed by atoms with Gasteiger partial charge in [-0.1, -0.05) is 39.3 Å². The first kappa shape index (κ1) is 14.9. The van der Waals surface area contributed by atoms with Gasteiger partial charge in [0.15, 0.2) is 5.76 Å². The minimum atomic E-state index is -0.772. The molecule has 22 heavy (non-hydrogen) atoms. The molecule has 0 amide bonds. The summed E-state index contributed by atoms with van der Waals surface area (Å²) in [4.78, 5) is 0. The average Bonchev–Trinajstić information content (AvgIpc) is 2.90. The second-order valence-corrected chi connectivity index (χ2v) is 5.52. The second kappa shape index (κ2) is 5.98. The summed E-state index contributed by atoms with van der Waals surface area (Å²) < 4.78 is 33.8. The van der Waals surface area contributed by atoms with Crippen LogP contribution in [0.4, 0.5) is 8.78 Å². The van der Waals surface area contributed by atoms with Gasteiger partial charge in [-0.3, -0.25) is 0 Å². The van der Waals surface area contributed by atoms with E-state index in [4.69, 9.17) is 4.52 Å². The predicted molar refractivity (Wildman–Crippen MR) is 80.9 cm³/mol. The molecular formula is C16H10BrF2NO2. The van der Waals surface area contributed by atoms with Gasteiger partial charge in [0.05, 0.1) is 17.7 Å². The Morgan fingerprint density at radius 2 is 1.77 bits per heavy atom. The first-order valence-electron chi connectivity index (χ1n) is 6.41. The van der Waals surface area contributed by atoms with Crippen molar-refractivity contribution in [1.82, 2.24) is 5.16 Å². The standard InChI is InChI=1S/C16H10BrF2NO2/c17-10-4-1-3-9(7-10)15-11(8-21)16(22-20-15)14-12(18)5-2-6-13(14)19/h1-7,21H,8H2. The van der Waals surface area contributed by atoms with Gasteiger partial charge in [-0.25, -0.2) is 8.78 Å². The zero-order valence-corrected chi connectivity index (χ0v) is 12.8. The lowest BCUT2D eigenvalue weighted by molar-refractivity contribution is 0.281. The van der Waals surface area contributed by atoms with Crippen LogP contribution in [-0.4, -0.2) is 10.3 Å². The lowest BCUT2D eigenvalue weighted by Gasteiger charge is -2.04. The summed E-state index contributed by atoms with van der Waals surface area (Å²) in [6.07, 6.45) is 0. The number of hydrogen-bond acceptors (Lipinski definition) is 3. The van der Waals surface area contributed by atoms with Crippen molar-refractivity contribution >= 4 is 15.9 Å². The molecule has 6 heteroatoms. The Bertz CT molecular complexity index is 813. The molecule has 3 aromatic rings. The fourth-order valence-electron chi connectivity index (χ4n) is 2.23. The third kappa shape index (κ3) is 2.55. The Labute approximate surface area is 133 Å². The molecule has 0 spiro atoms. The third-order valence-electron chi connectivity index (χ3n) is 3.23. The monoisotopic (exact) mass is 365 g/mol. The molecule has 0 radical (unpaired) electrons. The number of nitrogens with zero attached hydrogens (tertiary/aromatic N) is 1. The molecule has 0 saturated carbocycles. The van der Waals surface area contributed by atoms with E-state index in [-0.39, 0.29) is 16.9 Å². The molecular weight excluding hydrogens is 356 g/mol. The van der Waals surface area contributed by atoms with E-state index in [0.717, 1.165) is 16.6 Å². The molecule has 112 valence electrons. The first-order valence-corrected chi connectivity index (χ1v) is 7.21. The molecule has 0 fully saturated rings. The van der Waals surface area contributed by atoms with Crippen LogP contribution in [0, 0.1) is 11.6 Å². The molecule has 0 aliphatic rings. The van der Waals surface area contributed by atoms with Gasteiger partial charge in [0.25, 0.3) is 0 Å². The van der Waals surface area contributed by atoms with Crippen molar-refractivity contribution < 1.29 is 18.4 Å². The summed E-state index contributed by atoms with van der Waals surface area (Å²) in [5.41, 5.74) is 0.925. The summed E-state index contributed by atoms with van der Waals surface area (Å²) in [5, 5.41) is 13.5. The Kier molecular flexibility index (Phi) is 4.04. The minimum absolute atomic E-state index is 0.104. The van der Waals surface area contributed by atoms with Gasteiger partial charge >= 0.3 is 0 Å². The van der Waals surface area contributed by atoms with Crippen molar-refractivity contribution in [3.8, 4) is 22.6 Å². The first-order chi connectivity index (χ1) is 10.6. The fraction of sp³-hybridized carbons (Fsp3) is 0.0625. The van der Waals surface area contributed by atoms with E-state index in [0.29, 0.717) is 11.3 Å². The zero-order valence-electron chi connectivity index (χ0n) is 11.2. The summed E-state index contributed by atoms with van der Waals surface area (Å²) in [6.45, 7) is -0.450. The topological polar surface area (TPSA) is 46.3 Å². The van der Waals surface area contributed by atoms with Gasteiger partial charge in [0.1, 0.15) is 17.3 Å². The summed E-state index contributed by atoms with van der Waals surface area (Å²) in [6, 6.07) is 10.7. The van der Waals surface area contributed by atoms with Gasteiger partial charge in [-0.2, -0.15) is 0 Å². The maximum atomic E-state index is 13.9. The summed E-state index contributed by atoms with van der Waals surface area (Å²) in [7, 11) is 0. The highest BCUT2D eigenvalue weighted by Crippen LogP contribution is 2.35. The van der Waals surface area contributed by atoms with Gasteiger partial charge in [0, 0.05) is 10.0 Å². The molecule has 3 nitrogen and oxygen atoms in total. The quantitative estimate of drug-likeness (QED) is 0.740. The molecule has 1 heterocycles. The van der Waals surface area contributed by atoms with Gasteiger partial charge in [-0.15, -0.1) is 0 Å². The molecule has 0 aliphatic heterocycles. The molecule has 0 saturated heterocycles. The van der Waals surface area contributed by atoms with Crippen LogP contribution in [0.3, 0.4) is 0 Å². The Morgan fingerprint density at radius 3 is 2.41 bits per heavy atom. The maximum Gasteiger partial charge on any atom is 0.178 e. The summed E-state index contributed by atoms with van der Waals surface area (Å²) >= 11 is 3.34. The fourth-order valence-corrected chi connectivity index (χ4v) is 2.63. The highest BCUT2D eigenvalue weighted by Gasteiger charge is 2.23. The number of halogens is 3. The number of aromatic nitrogens is 1. The van der Waals surface area contributed by atoms with E-state index in [1.54, 1.807) is 18.2 Å². The van der Waals surface area contributed by atoms with Crippen LogP contribution in [-0.2, 0) is 6.61 Å². The smallest absolute Gasteiger partial charge is 0.178 e. The summed E-state index contributed by atoms with van der Waals surface area (Å²) in [5.74, 6) is -1.65. The van der Waals surface area contributed by atoms with Crippen molar-refractivity contribution in [2.75, 3.05) is 0 Å². The Balaban J connectivity index is 2.20. The van der Waals surface area contributed by atoms with Crippen LogP contribution in [0.25, 0.3) is 22.6 Å². The number of aliphatic hydroxyl groups excluding tert-OH is 1. The molecule has 0 unspecified atom stereocenters. The number of rotatable bonds is 3. The Hall–Kier alpha value is -2.05. The van der Waals surface area contributed by atoms with E-state index in [1.165, 1.54) is 6.07 Å². The Morgan fingerprint density at radius 1 is 1.09 bits per heavy atom. The maximum absolute atomic E-state index is 13.9. The lowest BCUT2D eigenvalue weighted by Crippen LogP contribution is -1.93. The van der Waals surface area contributed by atoms with Crippen LogP contribution >= 0.6 is 15.9 Å². The van der Waals surface area contributed by atoms with Crippen molar-refractivity contribution in [1.29, 1.82) is 0 Å². The third-order valence-corrected chi connectivity index (χ3v) is 3.73. The SMILES string of the molecule is OCc1c(-c2cccc(Br)c2)noc1-c1c(F)cccc1F. The minimum Gasteiger partial charge on any atom is -0.391 e. The van der Waals surface area contributed by atoms with Crippen molar-refractivity contribution in [2.45, 2.75) is 6.61 Å². The lowest BCUT2D eigenvalue weighted by atomic mass is 10.0.